The molecule has 0 unspecified atom stereocenters. The van der Waals surface area contributed by atoms with E-state index in [1.54, 1.807) is 6.07 Å². The van der Waals surface area contributed by atoms with Crippen molar-refractivity contribution >= 4 is 11.4 Å². The molecule has 0 aliphatic heterocycles. The lowest BCUT2D eigenvalue weighted by Crippen LogP contribution is -2.45. The number of hydrogen-bond acceptors (Lipinski definition) is 3. The average molecular weight is 252 g/mol. The van der Waals surface area contributed by atoms with Crippen LogP contribution in [0.25, 0.3) is 0 Å². The number of rotatable bonds is 3. The molecule has 2 rings (SSSR count). The quantitative estimate of drug-likeness (QED) is 0.725. The van der Waals surface area contributed by atoms with E-state index in [4.69, 9.17) is 5.73 Å². The molecule has 100 valence electrons. The molecule has 1 aromatic carbocycles. The number of halogens is 1. The average Bonchev–Trinajstić information content (AvgIpc) is 2.36. The fourth-order valence-electron chi connectivity index (χ4n) is 2.57. The topological polar surface area (TPSA) is 58.3 Å². The van der Waals surface area contributed by atoms with E-state index in [1.807, 2.05) is 0 Å². The number of benzene rings is 1. The SMILES string of the molecule is CC1CCC(CO)(Nc2ccc(F)cc2N)CC1. The molecular weight excluding hydrogens is 231 g/mol. The summed E-state index contributed by atoms with van der Waals surface area (Å²) in [6, 6.07) is 4.33. The molecule has 1 saturated carbocycles. The van der Waals surface area contributed by atoms with Crippen LogP contribution in [-0.4, -0.2) is 17.3 Å². The second-order valence-electron chi connectivity index (χ2n) is 5.48. The molecule has 1 fully saturated rings. The van der Waals surface area contributed by atoms with Crippen LogP contribution in [0, 0.1) is 11.7 Å². The lowest BCUT2D eigenvalue weighted by atomic mass is 9.77. The van der Waals surface area contributed by atoms with Crippen LogP contribution in [0.3, 0.4) is 0 Å². The minimum Gasteiger partial charge on any atom is -0.397 e. The van der Waals surface area contributed by atoms with Crippen LogP contribution in [0.4, 0.5) is 15.8 Å². The second kappa shape index (κ2) is 5.14. The Morgan fingerprint density at radius 2 is 2.11 bits per heavy atom. The number of anilines is 2. The summed E-state index contributed by atoms with van der Waals surface area (Å²) in [5.41, 5.74) is 6.59. The minimum absolute atomic E-state index is 0.0799. The van der Waals surface area contributed by atoms with Crippen molar-refractivity contribution in [3.8, 4) is 0 Å². The van der Waals surface area contributed by atoms with Gasteiger partial charge in [0.2, 0.25) is 0 Å². The smallest absolute Gasteiger partial charge is 0.125 e. The Kier molecular flexibility index (Phi) is 3.76. The highest BCUT2D eigenvalue weighted by Gasteiger charge is 2.33. The van der Waals surface area contributed by atoms with Gasteiger partial charge in [-0.2, -0.15) is 0 Å². The fraction of sp³-hybridized carbons (Fsp3) is 0.571. The van der Waals surface area contributed by atoms with Gasteiger partial charge in [-0.1, -0.05) is 6.92 Å². The number of nitrogens with one attached hydrogen (secondary N) is 1. The molecule has 1 aromatic rings. The normalized spacial score (nSPS) is 28.1. The summed E-state index contributed by atoms with van der Waals surface area (Å²) >= 11 is 0. The molecule has 0 spiro atoms. The van der Waals surface area contributed by atoms with Crippen molar-refractivity contribution in [1.29, 1.82) is 0 Å². The molecule has 3 nitrogen and oxygen atoms in total. The van der Waals surface area contributed by atoms with Gasteiger partial charge < -0.3 is 16.2 Å². The van der Waals surface area contributed by atoms with Crippen molar-refractivity contribution in [3.05, 3.63) is 24.0 Å². The molecule has 0 radical (unpaired) electrons. The maximum atomic E-state index is 13.0. The summed E-state index contributed by atoms with van der Waals surface area (Å²) < 4.78 is 13.0. The van der Waals surface area contributed by atoms with E-state index in [-0.39, 0.29) is 18.0 Å². The van der Waals surface area contributed by atoms with Crippen LogP contribution < -0.4 is 11.1 Å². The van der Waals surface area contributed by atoms with E-state index in [0.717, 1.165) is 25.7 Å². The predicted octanol–water partition coefficient (Wildman–Crippen LogP) is 2.76. The third-order valence-electron chi connectivity index (χ3n) is 3.95. The van der Waals surface area contributed by atoms with Gasteiger partial charge in [-0.25, -0.2) is 4.39 Å². The number of hydrogen-bond donors (Lipinski definition) is 3. The van der Waals surface area contributed by atoms with Crippen LogP contribution in [0.15, 0.2) is 18.2 Å². The molecule has 18 heavy (non-hydrogen) atoms. The Labute approximate surface area is 107 Å². The van der Waals surface area contributed by atoms with Crippen molar-refractivity contribution in [2.45, 2.75) is 38.1 Å². The first-order chi connectivity index (χ1) is 8.54. The highest BCUT2D eigenvalue weighted by Crippen LogP contribution is 2.35. The van der Waals surface area contributed by atoms with Crippen LogP contribution in [0.2, 0.25) is 0 Å². The third-order valence-corrected chi connectivity index (χ3v) is 3.95. The van der Waals surface area contributed by atoms with E-state index < -0.39 is 0 Å². The van der Waals surface area contributed by atoms with Gasteiger partial charge in [0, 0.05) is 0 Å². The molecule has 4 heteroatoms. The Bertz CT molecular complexity index is 414. The lowest BCUT2D eigenvalue weighted by molar-refractivity contribution is 0.155. The first-order valence-corrected chi connectivity index (χ1v) is 6.49. The van der Waals surface area contributed by atoms with Gasteiger partial charge in [0.05, 0.1) is 23.5 Å². The van der Waals surface area contributed by atoms with Crippen LogP contribution in [0.5, 0.6) is 0 Å². The zero-order valence-electron chi connectivity index (χ0n) is 10.7. The van der Waals surface area contributed by atoms with Crippen LogP contribution in [-0.2, 0) is 0 Å². The maximum Gasteiger partial charge on any atom is 0.125 e. The second-order valence-corrected chi connectivity index (χ2v) is 5.48. The highest BCUT2D eigenvalue weighted by atomic mass is 19.1. The van der Waals surface area contributed by atoms with Crippen molar-refractivity contribution in [1.82, 2.24) is 0 Å². The van der Waals surface area contributed by atoms with Gasteiger partial charge in [0.25, 0.3) is 0 Å². The summed E-state index contributed by atoms with van der Waals surface area (Å²) in [7, 11) is 0. The summed E-state index contributed by atoms with van der Waals surface area (Å²) in [5.74, 6) is 0.366. The Hall–Kier alpha value is -1.29. The van der Waals surface area contributed by atoms with Gasteiger partial charge in [-0.15, -0.1) is 0 Å². The van der Waals surface area contributed by atoms with Crippen LogP contribution >= 0.6 is 0 Å². The Morgan fingerprint density at radius 1 is 1.44 bits per heavy atom. The maximum absolute atomic E-state index is 13.0. The van der Waals surface area contributed by atoms with Gasteiger partial charge in [0.15, 0.2) is 0 Å². The van der Waals surface area contributed by atoms with Crippen LogP contribution in [0.1, 0.15) is 32.6 Å². The van der Waals surface area contributed by atoms with Gasteiger partial charge >= 0.3 is 0 Å². The molecule has 1 aliphatic rings. The van der Waals surface area contributed by atoms with Crippen molar-refractivity contribution < 1.29 is 9.50 Å². The number of nitrogens with two attached hydrogens (primary N) is 1. The van der Waals surface area contributed by atoms with Gasteiger partial charge in [0.1, 0.15) is 5.82 Å². The molecule has 0 amide bonds. The Balaban J connectivity index is 2.15. The molecule has 0 saturated heterocycles. The summed E-state index contributed by atoms with van der Waals surface area (Å²) in [6.45, 7) is 2.31. The fourth-order valence-corrected chi connectivity index (χ4v) is 2.57. The number of aliphatic hydroxyl groups excluding tert-OH is 1. The molecular formula is C14H21FN2O. The predicted molar refractivity (Wildman–Crippen MR) is 71.9 cm³/mol. The molecule has 1 aliphatic carbocycles. The summed E-state index contributed by atoms with van der Waals surface area (Å²) in [4.78, 5) is 0. The van der Waals surface area contributed by atoms with Crippen molar-refractivity contribution in [2.75, 3.05) is 17.7 Å². The van der Waals surface area contributed by atoms with Gasteiger partial charge in [-0.05, 0) is 49.8 Å². The van der Waals surface area contributed by atoms with E-state index in [2.05, 4.69) is 12.2 Å². The minimum atomic E-state index is -0.339. The third kappa shape index (κ3) is 2.75. The first-order valence-electron chi connectivity index (χ1n) is 6.49. The summed E-state index contributed by atoms with van der Waals surface area (Å²) in [5, 5.41) is 13.0. The zero-order chi connectivity index (χ0) is 13.2. The van der Waals surface area contributed by atoms with E-state index in [0.29, 0.717) is 17.3 Å². The summed E-state index contributed by atoms with van der Waals surface area (Å²) in [6.07, 6.45) is 4.02. The van der Waals surface area contributed by atoms with E-state index in [1.165, 1.54) is 12.1 Å². The van der Waals surface area contributed by atoms with Crippen molar-refractivity contribution in [2.24, 2.45) is 5.92 Å². The lowest BCUT2D eigenvalue weighted by Gasteiger charge is -2.39. The number of nitrogen functional groups attached to an aromatic ring is 1. The Morgan fingerprint density at radius 3 is 2.67 bits per heavy atom. The molecule has 0 atom stereocenters. The van der Waals surface area contributed by atoms with E-state index in [9.17, 15) is 9.50 Å². The standard InChI is InChI=1S/C14H21FN2O/c1-10-4-6-14(9-18,7-5-10)17-13-3-2-11(15)8-12(13)16/h2-3,8,10,17-18H,4-7,9,16H2,1H3. The molecule has 0 bridgehead atoms. The molecule has 4 N–H and O–H groups in total. The van der Waals surface area contributed by atoms with Gasteiger partial charge in [-0.3, -0.25) is 0 Å². The largest absolute Gasteiger partial charge is 0.397 e. The highest BCUT2D eigenvalue weighted by molar-refractivity contribution is 5.67. The number of aliphatic hydroxyl groups is 1. The zero-order valence-corrected chi connectivity index (χ0v) is 10.7. The first kappa shape index (κ1) is 13.1. The molecule has 0 aromatic heterocycles. The molecule has 0 heterocycles. The van der Waals surface area contributed by atoms with E-state index >= 15 is 0 Å². The monoisotopic (exact) mass is 252 g/mol. The van der Waals surface area contributed by atoms with Crippen molar-refractivity contribution in [3.63, 3.8) is 0 Å².